The van der Waals surface area contributed by atoms with Gasteiger partial charge in [-0.1, -0.05) is 28.1 Å². The van der Waals surface area contributed by atoms with Gasteiger partial charge in [-0.15, -0.1) is 0 Å². The zero-order valence-corrected chi connectivity index (χ0v) is 14.5. The van der Waals surface area contributed by atoms with Crippen molar-refractivity contribution in [3.8, 4) is 6.07 Å². The molecule has 0 saturated carbocycles. The first-order chi connectivity index (χ1) is 11.2. The number of hydrogen-bond acceptors (Lipinski definition) is 4. The van der Waals surface area contributed by atoms with E-state index in [2.05, 4.69) is 26.9 Å². The van der Waals surface area contributed by atoms with Gasteiger partial charge in [0.25, 0.3) is 5.91 Å². The van der Waals surface area contributed by atoms with Gasteiger partial charge < -0.3 is 9.64 Å². The van der Waals surface area contributed by atoms with Crippen molar-refractivity contribution in [1.82, 2.24) is 9.80 Å². The minimum absolute atomic E-state index is 0.109. The summed E-state index contributed by atoms with van der Waals surface area (Å²) in [6, 6.07) is 9.98. The molecule has 0 radical (unpaired) electrons. The maximum Gasteiger partial charge on any atom is 0.251 e. The molecule has 122 valence electrons. The molecule has 1 aromatic carbocycles. The Morgan fingerprint density at radius 2 is 2.13 bits per heavy atom. The van der Waals surface area contributed by atoms with Crippen LogP contribution in [0, 0.1) is 11.3 Å². The molecule has 2 aliphatic heterocycles. The van der Waals surface area contributed by atoms with E-state index in [0.717, 1.165) is 22.9 Å². The van der Waals surface area contributed by atoms with E-state index in [1.165, 1.54) is 0 Å². The van der Waals surface area contributed by atoms with E-state index >= 15 is 0 Å². The third kappa shape index (κ3) is 3.74. The number of benzene rings is 1. The maximum absolute atomic E-state index is 12.4. The van der Waals surface area contributed by atoms with Crippen LogP contribution in [0.3, 0.4) is 0 Å². The number of carbonyl (C=O) groups excluding carboxylic acids is 1. The van der Waals surface area contributed by atoms with E-state index < -0.39 is 0 Å². The number of nitrogens with zero attached hydrogens (tertiary/aromatic N) is 3. The average molecular weight is 378 g/mol. The second kappa shape index (κ2) is 7.43. The van der Waals surface area contributed by atoms with Crippen LogP contribution in [0.4, 0.5) is 0 Å². The monoisotopic (exact) mass is 377 g/mol. The quantitative estimate of drug-likeness (QED) is 0.810. The fourth-order valence-electron chi connectivity index (χ4n) is 3.22. The van der Waals surface area contributed by atoms with Gasteiger partial charge in [-0.3, -0.25) is 9.69 Å². The van der Waals surface area contributed by atoms with Crippen molar-refractivity contribution in [2.75, 3.05) is 32.8 Å². The normalized spacial score (nSPS) is 23.5. The van der Waals surface area contributed by atoms with E-state index in [1.54, 1.807) is 0 Å². The van der Waals surface area contributed by atoms with Crippen LogP contribution in [-0.2, 0) is 9.53 Å². The van der Waals surface area contributed by atoms with E-state index in [4.69, 9.17) is 4.74 Å². The summed E-state index contributed by atoms with van der Waals surface area (Å²) in [5, 5.41) is 9.56. The van der Waals surface area contributed by atoms with E-state index in [0.29, 0.717) is 32.8 Å². The Morgan fingerprint density at radius 1 is 1.35 bits per heavy atom. The van der Waals surface area contributed by atoms with Gasteiger partial charge in [0.2, 0.25) is 0 Å². The molecular weight excluding hydrogens is 358 g/mol. The Bertz CT molecular complexity index is 602. The SMILES string of the molecule is N#CC(c1cccc(Br)c1)N1CCN(C(=O)C2CCCO2)CC1. The topological polar surface area (TPSA) is 56.6 Å². The summed E-state index contributed by atoms with van der Waals surface area (Å²) in [7, 11) is 0. The molecule has 0 bridgehead atoms. The van der Waals surface area contributed by atoms with Crippen LogP contribution in [0.5, 0.6) is 0 Å². The predicted octanol–water partition coefficient (Wildman–Crippen LogP) is 2.34. The van der Waals surface area contributed by atoms with Crippen molar-refractivity contribution in [3.63, 3.8) is 0 Å². The first-order valence-corrected chi connectivity index (χ1v) is 8.78. The van der Waals surface area contributed by atoms with Crippen LogP contribution in [0.25, 0.3) is 0 Å². The lowest BCUT2D eigenvalue weighted by atomic mass is 10.1. The van der Waals surface area contributed by atoms with Crippen molar-refractivity contribution >= 4 is 21.8 Å². The van der Waals surface area contributed by atoms with Crippen molar-refractivity contribution < 1.29 is 9.53 Å². The van der Waals surface area contributed by atoms with Gasteiger partial charge in [-0.25, -0.2) is 0 Å². The lowest BCUT2D eigenvalue weighted by Crippen LogP contribution is -2.51. The van der Waals surface area contributed by atoms with E-state index in [9.17, 15) is 10.1 Å². The second-order valence-electron chi connectivity index (χ2n) is 5.95. The van der Waals surface area contributed by atoms with Crippen LogP contribution < -0.4 is 0 Å². The largest absolute Gasteiger partial charge is 0.368 e. The molecule has 2 heterocycles. The Labute approximate surface area is 144 Å². The summed E-state index contributed by atoms with van der Waals surface area (Å²) in [6.07, 6.45) is 1.55. The number of carbonyl (C=O) groups is 1. The van der Waals surface area contributed by atoms with Gasteiger partial charge in [0.05, 0.1) is 6.07 Å². The summed E-state index contributed by atoms with van der Waals surface area (Å²) in [5.41, 5.74) is 0.987. The van der Waals surface area contributed by atoms with Crippen molar-refractivity contribution in [2.24, 2.45) is 0 Å². The zero-order chi connectivity index (χ0) is 16.2. The van der Waals surface area contributed by atoms with Gasteiger partial charge in [-0.2, -0.15) is 5.26 Å². The van der Waals surface area contributed by atoms with E-state index in [1.807, 2.05) is 29.2 Å². The van der Waals surface area contributed by atoms with Gasteiger partial charge in [0.1, 0.15) is 12.1 Å². The highest BCUT2D eigenvalue weighted by Gasteiger charge is 2.32. The number of amides is 1. The molecule has 2 aliphatic rings. The average Bonchev–Trinajstić information content (AvgIpc) is 3.10. The molecule has 1 amide bonds. The predicted molar refractivity (Wildman–Crippen MR) is 89.6 cm³/mol. The molecule has 0 spiro atoms. The number of hydrogen-bond donors (Lipinski definition) is 0. The minimum atomic E-state index is -0.271. The van der Waals surface area contributed by atoms with Crippen LogP contribution in [0.2, 0.25) is 0 Å². The number of halogens is 1. The van der Waals surface area contributed by atoms with Gasteiger partial charge in [0.15, 0.2) is 0 Å². The number of rotatable bonds is 3. The lowest BCUT2D eigenvalue weighted by molar-refractivity contribution is -0.142. The molecule has 6 heteroatoms. The third-order valence-electron chi connectivity index (χ3n) is 4.48. The molecule has 23 heavy (non-hydrogen) atoms. The van der Waals surface area contributed by atoms with Crippen molar-refractivity contribution in [3.05, 3.63) is 34.3 Å². The fourth-order valence-corrected chi connectivity index (χ4v) is 3.64. The molecule has 0 aromatic heterocycles. The Kier molecular flexibility index (Phi) is 5.31. The molecule has 2 saturated heterocycles. The lowest BCUT2D eigenvalue weighted by Gasteiger charge is -2.37. The van der Waals surface area contributed by atoms with Gasteiger partial charge >= 0.3 is 0 Å². The summed E-state index contributed by atoms with van der Waals surface area (Å²) in [5.74, 6) is 0.109. The Hall–Kier alpha value is -1.42. The highest BCUT2D eigenvalue weighted by atomic mass is 79.9. The first-order valence-electron chi connectivity index (χ1n) is 7.98. The van der Waals surface area contributed by atoms with Crippen LogP contribution in [0.1, 0.15) is 24.4 Å². The molecule has 3 rings (SSSR count). The van der Waals surface area contributed by atoms with Gasteiger partial charge in [-0.05, 0) is 30.5 Å². The van der Waals surface area contributed by atoms with Crippen LogP contribution in [0.15, 0.2) is 28.7 Å². The van der Waals surface area contributed by atoms with E-state index in [-0.39, 0.29) is 18.1 Å². The molecular formula is C17H20BrN3O2. The second-order valence-corrected chi connectivity index (χ2v) is 6.87. The number of piperazine rings is 1. The molecule has 2 fully saturated rings. The summed E-state index contributed by atoms with van der Waals surface area (Å²) < 4.78 is 6.46. The summed E-state index contributed by atoms with van der Waals surface area (Å²) in [4.78, 5) is 16.4. The summed E-state index contributed by atoms with van der Waals surface area (Å²) >= 11 is 3.46. The van der Waals surface area contributed by atoms with Crippen molar-refractivity contribution in [2.45, 2.75) is 25.0 Å². The highest BCUT2D eigenvalue weighted by molar-refractivity contribution is 9.10. The maximum atomic E-state index is 12.4. The molecule has 0 aliphatic carbocycles. The van der Waals surface area contributed by atoms with Crippen LogP contribution in [-0.4, -0.2) is 54.6 Å². The third-order valence-corrected chi connectivity index (χ3v) is 4.98. The standard InChI is InChI=1S/C17H20BrN3O2/c18-14-4-1-3-13(11-14)15(12-19)20-6-8-21(9-7-20)17(22)16-5-2-10-23-16/h1,3-4,11,15-16H,2,5-10H2. The number of nitriles is 1. The Balaban J connectivity index is 1.61. The number of ether oxygens (including phenoxy) is 1. The Morgan fingerprint density at radius 3 is 2.74 bits per heavy atom. The summed E-state index contributed by atoms with van der Waals surface area (Å²) in [6.45, 7) is 3.43. The minimum Gasteiger partial charge on any atom is -0.368 e. The smallest absolute Gasteiger partial charge is 0.251 e. The van der Waals surface area contributed by atoms with Crippen LogP contribution >= 0.6 is 15.9 Å². The first kappa shape index (κ1) is 16.4. The van der Waals surface area contributed by atoms with Crippen molar-refractivity contribution in [1.29, 1.82) is 5.26 Å². The molecule has 5 nitrogen and oxygen atoms in total. The molecule has 2 atom stereocenters. The highest BCUT2D eigenvalue weighted by Crippen LogP contribution is 2.25. The molecule has 1 aromatic rings. The fraction of sp³-hybridized carbons (Fsp3) is 0.529. The molecule has 2 unspecified atom stereocenters. The molecule has 0 N–H and O–H groups in total. The van der Waals surface area contributed by atoms with Gasteiger partial charge in [0, 0.05) is 37.3 Å². The zero-order valence-electron chi connectivity index (χ0n) is 12.9.